The number of aryl methyl sites for hydroxylation is 1. The van der Waals surface area contributed by atoms with Gasteiger partial charge in [-0.25, -0.2) is 4.98 Å². The van der Waals surface area contributed by atoms with Gasteiger partial charge in [0.1, 0.15) is 11.5 Å². The largest absolute Gasteiger partial charge is 0.462 e. The van der Waals surface area contributed by atoms with Gasteiger partial charge in [-0.2, -0.15) is 4.99 Å². The van der Waals surface area contributed by atoms with Crippen molar-refractivity contribution in [2.75, 3.05) is 6.54 Å². The number of fused-ring (bicyclic) bond motifs is 1. The smallest absolute Gasteiger partial charge is 0.267 e. The molecule has 130 valence electrons. The lowest BCUT2D eigenvalue weighted by Crippen LogP contribution is -2.29. The van der Waals surface area contributed by atoms with Gasteiger partial charge in [-0.05, 0) is 43.0 Å². The van der Waals surface area contributed by atoms with Crippen LogP contribution in [0.2, 0.25) is 0 Å². The monoisotopic (exact) mass is 381 g/mol. The standard InChI is InChI=1S/C19H15N3O2S2/c1-3-10-22-17(23)16(11-13-9-8-12(2)24-13)26-19(22)21-18-20-14-6-4-5-7-15(14)25-18/h3-9,11H,1,10H2,2H3/b16-11+,21-19-. The summed E-state index contributed by atoms with van der Waals surface area (Å²) in [5.74, 6) is 1.35. The maximum atomic E-state index is 12.7. The average Bonchev–Trinajstić information content (AvgIpc) is 3.29. The van der Waals surface area contributed by atoms with Crippen molar-refractivity contribution in [1.29, 1.82) is 0 Å². The van der Waals surface area contributed by atoms with E-state index >= 15 is 0 Å². The van der Waals surface area contributed by atoms with E-state index in [1.54, 1.807) is 17.1 Å². The van der Waals surface area contributed by atoms with Gasteiger partial charge in [0.05, 0.1) is 15.1 Å². The molecular weight excluding hydrogens is 366 g/mol. The summed E-state index contributed by atoms with van der Waals surface area (Å²) < 4.78 is 6.62. The van der Waals surface area contributed by atoms with Crippen molar-refractivity contribution in [3.05, 3.63) is 65.5 Å². The molecule has 0 atom stereocenters. The molecular formula is C19H15N3O2S2. The third kappa shape index (κ3) is 3.23. The van der Waals surface area contributed by atoms with Crippen molar-refractivity contribution in [1.82, 2.24) is 9.88 Å². The van der Waals surface area contributed by atoms with E-state index in [9.17, 15) is 4.79 Å². The van der Waals surface area contributed by atoms with Crippen LogP contribution in [-0.2, 0) is 4.79 Å². The second kappa shape index (κ2) is 6.93. The molecule has 3 aromatic rings. The van der Waals surface area contributed by atoms with Gasteiger partial charge in [0.15, 0.2) is 5.17 Å². The van der Waals surface area contributed by atoms with Crippen LogP contribution in [0.25, 0.3) is 16.3 Å². The van der Waals surface area contributed by atoms with Crippen LogP contribution in [0.1, 0.15) is 11.5 Å². The minimum atomic E-state index is -0.108. The van der Waals surface area contributed by atoms with E-state index in [0.717, 1.165) is 16.0 Å². The molecule has 2 aromatic heterocycles. The molecule has 1 amide bonds. The molecule has 1 fully saturated rings. The summed E-state index contributed by atoms with van der Waals surface area (Å²) >= 11 is 2.82. The van der Waals surface area contributed by atoms with Gasteiger partial charge >= 0.3 is 0 Å². The Kier molecular flexibility index (Phi) is 4.48. The normalized spacial score (nSPS) is 17.7. The number of para-hydroxylation sites is 1. The van der Waals surface area contributed by atoms with Crippen molar-refractivity contribution in [2.45, 2.75) is 6.92 Å². The van der Waals surface area contributed by atoms with Gasteiger partial charge in [-0.1, -0.05) is 29.5 Å². The minimum Gasteiger partial charge on any atom is -0.462 e. The molecule has 7 heteroatoms. The molecule has 1 aliphatic rings. The maximum absolute atomic E-state index is 12.7. The topological polar surface area (TPSA) is 58.7 Å². The molecule has 0 N–H and O–H groups in total. The fourth-order valence-corrected chi connectivity index (χ4v) is 4.40. The number of rotatable bonds is 4. The van der Waals surface area contributed by atoms with E-state index in [1.165, 1.54) is 23.1 Å². The highest BCUT2D eigenvalue weighted by Crippen LogP contribution is 2.36. The number of amidine groups is 1. The molecule has 0 spiro atoms. The number of nitrogens with zero attached hydrogens (tertiary/aromatic N) is 3. The second-order valence-electron chi connectivity index (χ2n) is 5.62. The van der Waals surface area contributed by atoms with Gasteiger partial charge < -0.3 is 4.42 Å². The number of carbonyl (C=O) groups is 1. The summed E-state index contributed by atoms with van der Waals surface area (Å²) in [6.45, 7) is 6.00. The van der Waals surface area contributed by atoms with Gasteiger partial charge in [0, 0.05) is 12.6 Å². The van der Waals surface area contributed by atoms with Gasteiger partial charge in [-0.15, -0.1) is 6.58 Å². The number of furan rings is 1. The van der Waals surface area contributed by atoms with Crippen molar-refractivity contribution in [3.8, 4) is 0 Å². The molecule has 0 unspecified atom stereocenters. The van der Waals surface area contributed by atoms with Crippen LogP contribution in [0.15, 0.2) is 63.4 Å². The first-order valence-corrected chi connectivity index (χ1v) is 9.60. The van der Waals surface area contributed by atoms with Crippen LogP contribution in [0.3, 0.4) is 0 Å². The van der Waals surface area contributed by atoms with E-state index in [1.807, 2.05) is 43.3 Å². The third-order valence-electron chi connectivity index (χ3n) is 3.71. The van der Waals surface area contributed by atoms with Crippen LogP contribution in [0, 0.1) is 6.92 Å². The Balaban J connectivity index is 1.70. The van der Waals surface area contributed by atoms with Crippen LogP contribution in [0.4, 0.5) is 5.13 Å². The minimum absolute atomic E-state index is 0.108. The predicted molar refractivity (Wildman–Crippen MR) is 108 cm³/mol. The number of carbonyl (C=O) groups excluding carboxylic acids is 1. The Morgan fingerprint density at radius 2 is 2.15 bits per heavy atom. The highest BCUT2D eigenvalue weighted by atomic mass is 32.2. The number of aromatic nitrogens is 1. The molecule has 0 aliphatic carbocycles. The van der Waals surface area contributed by atoms with Crippen LogP contribution >= 0.6 is 23.1 Å². The lowest BCUT2D eigenvalue weighted by Gasteiger charge is -2.11. The van der Waals surface area contributed by atoms with Crippen molar-refractivity contribution in [2.24, 2.45) is 4.99 Å². The molecule has 3 heterocycles. The first kappa shape index (κ1) is 16.8. The summed E-state index contributed by atoms with van der Waals surface area (Å²) in [5.41, 5.74) is 0.906. The van der Waals surface area contributed by atoms with E-state index in [-0.39, 0.29) is 5.91 Å². The number of hydrogen-bond donors (Lipinski definition) is 0. The molecule has 0 saturated carbocycles. The predicted octanol–water partition coefficient (Wildman–Crippen LogP) is 4.99. The Morgan fingerprint density at radius 1 is 1.31 bits per heavy atom. The maximum Gasteiger partial charge on any atom is 0.267 e. The van der Waals surface area contributed by atoms with Crippen molar-refractivity contribution in [3.63, 3.8) is 0 Å². The highest BCUT2D eigenvalue weighted by molar-refractivity contribution is 8.18. The zero-order valence-corrected chi connectivity index (χ0v) is 15.6. The summed E-state index contributed by atoms with van der Waals surface area (Å²) in [4.78, 5) is 24.0. The lowest BCUT2D eigenvalue weighted by molar-refractivity contribution is -0.121. The first-order chi connectivity index (χ1) is 12.6. The molecule has 1 aliphatic heterocycles. The Morgan fingerprint density at radius 3 is 2.88 bits per heavy atom. The lowest BCUT2D eigenvalue weighted by atomic mass is 10.3. The quantitative estimate of drug-likeness (QED) is 0.472. The van der Waals surface area contributed by atoms with Crippen LogP contribution in [0.5, 0.6) is 0 Å². The van der Waals surface area contributed by atoms with Crippen molar-refractivity contribution < 1.29 is 9.21 Å². The summed E-state index contributed by atoms with van der Waals surface area (Å²) in [6.07, 6.45) is 3.43. The van der Waals surface area contributed by atoms with Crippen LogP contribution < -0.4 is 0 Å². The van der Waals surface area contributed by atoms with E-state index in [2.05, 4.69) is 16.6 Å². The van der Waals surface area contributed by atoms with E-state index < -0.39 is 0 Å². The number of aliphatic imine (C=N–C) groups is 1. The number of hydrogen-bond acceptors (Lipinski definition) is 6. The molecule has 5 nitrogen and oxygen atoms in total. The molecule has 4 rings (SSSR count). The highest BCUT2D eigenvalue weighted by Gasteiger charge is 2.33. The van der Waals surface area contributed by atoms with Crippen LogP contribution in [-0.4, -0.2) is 27.5 Å². The fourth-order valence-electron chi connectivity index (χ4n) is 2.53. The number of thiazole rings is 1. The van der Waals surface area contributed by atoms with Crippen molar-refractivity contribution >= 4 is 55.6 Å². The summed E-state index contributed by atoms with van der Waals surface area (Å²) in [6, 6.07) is 11.6. The molecule has 0 bridgehead atoms. The number of thioether (sulfide) groups is 1. The second-order valence-corrected chi connectivity index (χ2v) is 7.64. The fraction of sp³-hybridized carbons (Fsp3) is 0.105. The Hall–Kier alpha value is -2.64. The summed E-state index contributed by atoms with van der Waals surface area (Å²) in [7, 11) is 0. The van der Waals surface area contributed by atoms with Gasteiger partial charge in [0.2, 0.25) is 5.13 Å². The summed E-state index contributed by atoms with van der Waals surface area (Å²) in [5, 5.41) is 1.23. The van der Waals surface area contributed by atoms with Gasteiger partial charge in [0.25, 0.3) is 5.91 Å². The SMILES string of the molecule is C=CCN1C(=O)/C(=C\c2ccc(C)o2)S/C1=N\c1nc2ccccc2s1. The number of amides is 1. The Labute approximate surface area is 158 Å². The first-order valence-electron chi connectivity index (χ1n) is 7.97. The average molecular weight is 381 g/mol. The van der Waals surface area contributed by atoms with E-state index in [0.29, 0.717) is 27.5 Å². The zero-order valence-electron chi connectivity index (χ0n) is 14.0. The van der Waals surface area contributed by atoms with Gasteiger partial charge in [-0.3, -0.25) is 9.69 Å². The number of benzene rings is 1. The molecule has 26 heavy (non-hydrogen) atoms. The molecule has 1 saturated heterocycles. The van der Waals surface area contributed by atoms with E-state index in [4.69, 9.17) is 4.42 Å². The zero-order chi connectivity index (χ0) is 18.1. The Bertz CT molecular complexity index is 1030. The third-order valence-corrected chi connectivity index (χ3v) is 5.65. The molecule has 1 aromatic carbocycles. The molecule has 0 radical (unpaired) electrons.